The van der Waals surface area contributed by atoms with Crippen LogP contribution in [0.2, 0.25) is 0 Å². The first-order valence-electron chi connectivity index (χ1n) is 7.73. The molecule has 0 aromatic carbocycles. The van der Waals surface area contributed by atoms with Crippen LogP contribution < -0.4 is 5.32 Å². The molecule has 2 aromatic heterocycles. The fourth-order valence-electron chi connectivity index (χ4n) is 2.20. The summed E-state index contributed by atoms with van der Waals surface area (Å²) in [5.41, 5.74) is 0. The summed E-state index contributed by atoms with van der Waals surface area (Å²) < 4.78 is 5.55. The van der Waals surface area contributed by atoms with Gasteiger partial charge in [-0.05, 0) is 44.0 Å². The summed E-state index contributed by atoms with van der Waals surface area (Å²) in [4.78, 5) is 24.0. The predicted octanol–water partition coefficient (Wildman–Crippen LogP) is 4.08. The van der Waals surface area contributed by atoms with Gasteiger partial charge in [0.05, 0.1) is 9.75 Å². The van der Waals surface area contributed by atoms with Crippen molar-refractivity contribution in [2.24, 2.45) is 0 Å². The van der Waals surface area contributed by atoms with Crippen molar-refractivity contribution >= 4 is 23.2 Å². The molecule has 0 bridgehead atoms. The molecular weight excluding hydrogens is 314 g/mol. The Bertz CT molecular complexity index is 659. The highest BCUT2D eigenvalue weighted by atomic mass is 32.1. The van der Waals surface area contributed by atoms with Crippen LogP contribution in [0.1, 0.15) is 47.5 Å². The van der Waals surface area contributed by atoms with Crippen LogP contribution in [0.25, 0.3) is 10.6 Å². The Labute approximate surface area is 139 Å². The zero-order valence-corrected chi connectivity index (χ0v) is 13.9. The lowest BCUT2D eigenvalue weighted by molar-refractivity contribution is -0.137. The van der Waals surface area contributed by atoms with Crippen molar-refractivity contribution in [2.45, 2.75) is 39.0 Å². The summed E-state index contributed by atoms with van der Waals surface area (Å²) in [6.45, 7) is 2.50. The van der Waals surface area contributed by atoms with Gasteiger partial charge in [-0.25, -0.2) is 0 Å². The number of nitrogens with one attached hydrogen (secondary N) is 1. The second kappa shape index (κ2) is 8.53. The Morgan fingerprint density at radius 1 is 1.13 bits per heavy atom. The van der Waals surface area contributed by atoms with Crippen molar-refractivity contribution < 1.29 is 19.1 Å². The summed E-state index contributed by atoms with van der Waals surface area (Å²) >= 11 is 1.41. The Hall–Kier alpha value is -2.08. The number of furan rings is 1. The molecule has 0 aliphatic rings. The molecule has 0 saturated heterocycles. The monoisotopic (exact) mass is 335 g/mol. The van der Waals surface area contributed by atoms with E-state index in [0.29, 0.717) is 17.8 Å². The Balaban J connectivity index is 1.70. The normalized spacial score (nSPS) is 10.7. The maximum atomic E-state index is 12.1. The second-order valence-electron chi connectivity index (χ2n) is 5.39. The van der Waals surface area contributed by atoms with E-state index in [2.05, 4.69) is 5.32 Å². The van der Waals surface area contributed by atoms with E-state index in [4.69, 9.17) is 9.52 Å². The minimum absolute atomic E-state index is 0.0740. The van der Waals surface area contributed by atoms with Crippen LogP contribution in [0.5, 0.6) is 0 Å². The Kier molecular flexibility index (Phi) is 6.40. The first-order valence-corrected chi connectivity index (χ1v) is 8.54. The van der Waals surface area contributed by atoms with Crippen LogP contribution in [-0.4, -0.2) is 23.5 Å². The molecule has 0 saturated carbocycles. The molecule has 2 heterocycles. The fourth-order valence-corrected chi connectivity index (χ4v) is 3.09. The van der Waals surface area contributed by atoms with Crippen LogP contribution in [0, 0.1) is 6.92 Å². The van der Waals surface area contributed by atoms with Crippen molar-refractivity contribution in [1.82, 2.24) is 5.32 Å². The van der Waals surface area contributed by atoms with Crippen molar-refractivity contribution in [3.63, 3.8) is 0 Å². The summed E-state index contributed by atoms with van der Waals surface area (Å²) in [5, 5.41) is 11.4. The lowest BCUT2D eigenvalue weighted by atomic mass is 10.1. The Morgan fingerprint density at radius 2 is 1.91 bits per heavy atom. The van der Waals surface area contributed by atoms with Gasteiger partial charge >= 0.3 is 5.97 Å². The SMILES string of the molecule is Cc1ccc(-c2ccc(C(=O)NCCCCCCC(=O)O)s2)o1. The van der Waals surface area contributed by atoms with Crippen molar-refractivity contribution in [1.29, 1.82) is 0 Å². The third kappa shape index (κ3) is 5.56. The van der Waals surface area contributed by atoms with Crippen LogP contribution in [0.15, 0.2) is 28.7 Å². The average molecular weight is 335 g/mol. The van der Waals surface area contributed by atoms with Crippen molar-refractivity contribution in [2.75, 3.05) is 6.54 Å². The molecule has 2 aromatic rings. The van der Waals surface area contributed by atoms with Crippen molar-refractivity contribution in [3.8, 4) is 10.6 Å². The van der Waals surface area contributed by atoms with E-state index in [-0.39, 0.29) is 12.3 Å². The molecule has 0 fully saturated rings. The molecule has 2 N–H and O–H groups in total. The number of amides is 1. The highest BCUT2D eigenvalue weighted by Gasteiger charge is 2.11. The summed E-state index contributed by atoms with van der Waals surface area (Å²) in [5.74, 6) is 0.806. The number of unbranched alkanes of at least 4 members (excludes halogenated alkanes) is 3. The molecule has 0 aliphatic carbocycles. The van der Waals surface area contributed by atoms with Gasteiger partial charge in [0.15, 0.2) is 0 Å². The molecule has 124 valence electrons. The highest BCUT2D eigenvalue weighted by molar-refractivity contribution is 7.17. The molecule has 2 rings (SSSR count). The number of hydrogen-bond donors (Lipinski definition) is 2. The third-order valence-electron chi connectivity index (χ3n) is 3.42. The highest BCUT2D eigenvalue weighted by Crippen LogP contribution is 2.29. The van der Waals surface area contributed by atoms with Gasteiger partial charge in [0.2, 0.25) is 0 Å². The maximum Gasteiger partial charge on any atom is 0.303 e. The number of carbonyl (C=O) groups excluding carboxylic acids is 1. The van der Waals surface area contributed by atoms with Gasteiger partial charge in [-0.1, -0.05) is 12.8 Å². The lowest BCUT2D eigenvalue weighted by Crippen LogP contribution is -2.23. The molecule has 6 heteroatoms. The largest absolute Gasteiger partial charge is 0.481 e. The maximum absolute atomic E-state index is 12.1. The smallest absolute Gasteiger partial charge is 0.303 e. The van der Waals surface area contributed by atoms with Gasteiger partial charge in [-0.15, -0.1) is 11.3 Å². The Morgan fingerprint density at radius 3 is 2.61 bits per heavy atom. The number of aliphatic carboxylic acids is 1. The van der Waals surface area contributed by atoms with Gasteiger partial charge < -0.3 is 14.8 Å². The molecule has 0 unspecified atom stereocenters. The third-order valence-corrected chi connectivity index (χ3v) is 4.51. The first kappa shape index (κ1) is 17.3. The molecular formula is C17H21NO4S. The quantitative estimate of drug-likeness (QED) is 0.677. The van der Waals surface area contributed by atoms with Crippen LogP contribution in [0.3, 0.4) is 0 Å². The number of thiophene rings is 1. The standard InChI is InChI=1S/C17H21NO4S/c1-12-7-8-13(22-12)14-9-10-15(23-14)17(21)18-11-5-3-2-4-6-16(19)20/h7-10H,2-6,11H2,1H3,(H,18,21)(H,19,20). The number of rotatable bonds is 9. The first-order chi connectivity index (χ1) is 11.1. The zero-order chi connectivity index (χ0) is 16.7. The van der Waals surface area contributed by atoms with Crippen LogP contribution in [-0.2, 0) is 4.79 Å². The van der Waals surface area contributed by atoms with Crippen molar-refractivity contribution in [3.05, 3.63) is 34.9 Å². The molecule has 5 nitrogen and oxygen atoms in total. The van der Waals surface area contributed by atoms with Gasteiger partial charge in [0.25, 0.3) is 5.91 Å². The number of carbonyl (C=O) groups is 2. The molecule has 0 aliphatic heterocycles. The van der Waals surface area contributed by atoms with Gasteiger partial charge in [0.1, 0.15) is 11.5 Å². The lowest BCUT2D eigenvalue weighted by Gasteiger charge is -2.03. The van der Waals surface area contributed by atoms with Gasteiger partial charge in [0, 0.05) is 13.0 Å². The van der Waals surface area contributed by atoms with Crippen LogP contribution >= 0.6 is 11.3 Å². The number of aryl methyl sites for hydroxylation is 1. The molecule has 0 spiro atoms. The second-order valence-corrected chi connectivity index (χ2v) is 6.47. The predicted molar refractivity (Wildman–Crippen MR) is 89.8 cm³/mol. The number of hydrogen-bond acceptors (Lipinski definition) is 4. The average Bonchev–Trinajstić information content (AvgIpc) is 3.14. The minimum Gasteiger partial charge on any atom is -0.481 e. The summed E-state index contributed by atoms with van der Waals surface area (Å²) in [6.07, 6.45) is 3.58. The molecule has 1 amide bonds. The molecule has 0 radical (unpaired) electrons. The topological polar surface area (TPSA) is 79.5 Å². The van der Waals surface area contributed by atoms with Gasteiger partial charge in [-0.2, -0.15) is 0 Å². The van der Waals surface area contributed by atoms with E-state index in [1.54, 1.807) is 6.07 Å². The van der Waals surface area contributed by atoms with Crippen LogP contribution in [0.4, 0.5) is 0 Å². The van der Waals surface area contributed by atoms with E-state index in [1.165, 1.54) is 11.3 Å². The van der Waals surface area contributed by atoms with Gasteiger partial charge in [-0.3, -0.25) is 9.59 Å². The van der Waals surface area contributed by atoms with E-state index >= 15 is 0 Å². The van der Waals surface area contributed by atoms with E-state index in [9.17, 15) is 9.59 Å². The summed E-state index contributed by atoms with van der Waals surface area (Å²) in [7, 11) is 0. The van der Waals surface area contributed by atoms with E-state index in [1.807, 2.05) is 25.1 Å². The molecule has 0 atom stereocenters. The minimum atomic E-state index is -0.751. The fraction of sp³-hybridized carbons (Fsp3) is 0.412. The number of carboxylic acids is 1. The zero-order valence-electron chi connectivity index (χ0n) is 13.1. The summed E-state index contributed by atoms with van der Waals surface area (Å²) in [6, 6.07) is 7.50. The van der Waals surface area contributed by atoms with E-state index in [0.717, 1.165) is 35.7 Å². The number of carboxylic acid groups (broad SMARTS) is 1. The van der Waals surface area contributed by atoms with E-state index < -0.39 is 5.97 Å². The molecule has 23 heavy (non-hydrogen) atoms.